The molecule has 0 aliphatic carbocycles. The maximum atomic E-state index is 12.4. The minimum atomic E-state index is -0.310. The van der Waals surface area contributed by atoms with Gasteiger partial charge in [-0.15, -0.1) is 0 Å². The van der Waals surface area contributed by atoms with Gasteiger partial charge in [-0.25, -0.2) is 0 Å². The largest absolute Gasteiger partial charge is 0.497 e. The number of nitrogens with one attached hydrogen (secondary N) is 2. The number of pyridine rings is 1. The van der Waals surface area contributed by atoms with Crippen molar-refractivity contribution in [1.29, 1.82) is 0 Å². The van der Waals surface area contributed by atoms with Crippen molar-refractivity contribution in [2.75, 3.05) is 20.3 Å². The molecule has 142 valence electrons. The average Bonchev–Trinajstić information content (AvgIpc) is 3.24. The van der Waals surface area contributed by atoms with Crippen LogP contribution in [0.4, 0.5) is 0 Å². The van der Waals surface area contributed by atoms with E-state index >= 15 is 0 Å². The second kappa shape index (κ2) is 9.14. The molecule has 2 N–H and O–H groups in total. The number of rotatable bonds is 7. The Labute approximate surface area is 158 Å². The third kappa shape index (κ3) is 5.27. The maximum absolute atomic E-state index is 12.4. The number of ether oxygens (including phenoxy) is 2. The molecule has 2 heterocycles. The lowest BCUT2D eigenvalue weighted by Crippen LogP contribution is -2.32. The van der Waals surface area contributed by atoms with Crippen molar-refractivity contribution in [2.45, 2.75) is 25.5 Å². The molecule has 2 aromatic rings. The number of hydrogen-bond donors (Lipinski definition) is 2. The number of hydrogen-bond acceptors (Lipinski definition) is 5. The van der Waals surface area contributed by atoms with E-state index in [-0.39, 0.29) is 23.6 Å². The summed E-state index contributed by atoms with van der Waals surface area (Å²) in [5.74, 6) is 0.189. The second-order valence-corrected chi connectivity index (χ2v) is 6.31. The van der Waals surface area contributed by atoms with Crippen molar-refractivity contribution in [2.24, 2.45) is 0 Å². The monoisotopic (exact) mass is 369 g/mol. The molecule has 1 saturated heterocycles. The number of nitrogens with zero attached hydrogens (tertiary/aromatic N) is 1. The molecule has 1 aliphatic rings. The van der Waals surface area contributed by atoms with Gasteiger partial charge in [-0.05, 0) is 42.7 Å². The lowest BCUT2D eigenvalue weighted by Gasteiger charge is -2.11. The Kier molecular flexibility index (Phi) is 6.38. The van der Waals surface area contributed by atoms with Crippen LogP contribution in [0.2, 0.25) is 0 Å². The first-order valence-electron chi connectivity index (χ1n) is 8.92. The summed E-state index contributed by atoms with van der Waals surface area (Å²) in [6.07, 6.45) is 3.48. The minimum absolute atomic E-state index is 0.0601. The predicted molar refractivity (Wildman–Crippen MR) is 99.7 cm³/mol. The smallest absolute Gasteiger partial charge is 0.269 e. The number of carbonyl (C=O) groups is 2. The van der Waals surface area contributed by atoms with Crippen LogP contribution < -0.4 is 15.4 Å². The molecule has 1 unspecified atom stereocenters. The Bertz CT molecular complexity index is 786. The fourth-order valence-electron chi connectivity index (χ4n) is 2.83. The predicted octanol–water partition coefficient (Wildman–Crippen LogP) is 1.93. The first-order valence-corrected chi connectivity index (χ1v) is 8.92. The maximum Gasteiger partial charge on any atom is 0.269 e. The van der Waals surface area contributed by atoms with Gasteiger partial charge in [0.25, 0.3) is 11.8 Å². The van der Waals surface area contributed by atoms with Crippen LogP contribution in [0, 0.1) is 0 Å². The highest BCUT2D eigenvalue weighted by Gasteiger charge is 2.17. The Morgan fingerprint density at radius 3 is 2.70 bits per heavy atom. The molecule has 0 spiro atoms. The highest BCUT2D eigenvalue weighted by molar-refractivity contribution is 5.98. The molecule has 1 fully saturated rings. The van der Waals surface area contributed by atoms with E-state index in [9.17, 15) is 9.59 Å². The summed E-state index contributed by atoms with van der Waals surface area (Å²) in [5.41, 5.74) is 1.55. The Morgan fingerprint density at radius 2 is 2.00 bits per heavy atom. The molecular formula is C20H23N3O4. The van der Waals surface area contributed by atoms with E-state index in [4.69, 9.17) is 9.47 Å². The van der Waals surface area contributed by atoms with Crippen molar-refractivity contribution >= 4 is 11.8 Å². The highest BCUT2D eigenvalue weighted by Crippen LogP contribution is 2.12. The molecule has 1 aromatic carbocycles. The quantitative estimate of drug-likeness (QED) is 0.778. The Hall–Kier alpha value is -2.93. The Balaban J connectivity index is 1.54. The van der Waals surface area contributed by atoms with E-state index in [0.29, 0.717) is 18.7 Å². The van der Waals surface area contributed by atoms with Crippen LogP contribution in [-0.2, 0) is 11.3 Å². The van der Waals surface area contributed by atoms with E-state index in [0.717, 1.165) is 30.8 Å². The van der Waals surface area contributed by atoms with Crippen molar-refractivity contribution in [3.8, 4) is 5.75 Å². The fourth-order valence-corrected chi connectivity index (χ4v) is 2.83. The molecule has 7 heteroatoms. The van der Waals surface area contributed by atoms with Crippen LogP contribution in [0.3, 0.4) is 0 Å². The van der Waals surface area contributed by atoms with E-state index in [1.165, 1.54) is 12.3 Å². The van der Waals surface area contributed by atoms with Gasteiger partial charge in [0, 0.05) is 31.5 Å². The number of methoxy groups -OCH3 is 1. The molecule has 3 rings (SSSR count). The molecule has 2 amide bonds. The molecule has 0 bridgehead atoms. The van der Waals surface area contributed by atoms with Crippen LogP contribution in [0.25, 0.3) is 0 Å². The third-order valence-corrected chi connectivity index (χ3v) is 4.38. The Morgan fingerprint density at radius 1 is 1.19 bits per heavy atom. The van der Waals surface area contributed by atoms with Gasteiger partial charge in [0.1, 0.15) is 11.4 Å². The zero-order valence-electron chi connectivity index (χ0n) is 15.2. The van der Waals surface area contributed by atoms with Crippen molar-refractivity contribution < 1.29 is 19.1 Å². The molecule has 1 aliphatic heterocycles. The first-order chi connectivity index (χ1) is 13.2. The topological polar surface area (TPSA) is 89.5 Å². The van der Waals surface area contributed by atoms with Gasteiger partial charge in [-0.3, -0.25) is 14.6 Å². The van der Waals surface area contributed by atoms with Crippen LogP contribution in [0.1, 0.15) is 39.3 Å². The van der Waals surface area contributed by atoms with Gasteiger partial charge in [0.2, 0.25) is 0 Å². The van der Waals surface area contributed by atoms with Crippen molar-refractivity contribution in [3.05, 3.63) is 59.4 Å². The zero-order valence-corrected chi connectivity index (χ0v) is 15.2. The molecule has 1 atom stereocenters. The molecule has 1 aromatic heterocycles. The summed E-state index contributed by atoms with van der Waals surface area (Å²) in [7, 11) is 1.61. The van der Waals surface area contributed by atoms with Gasteiger partial charge >= 0.3 is 0 Å². The first kappa shape index (κ1) is 18.8. The number of carbonyl (C=O) groups excluding carboxylic acids is 2. The normalized spacial score (nSPS) is 16.0. The van der Waals surface area contributed by atoms with Gasteiger partial charge in [-0.1, -0.05) is 12.1 Å². The van der Waals surface area contributed by atoms with E-state index in [2.05, 4.69) is 15.6 Å². The molecule has 7 nitrogen and oxygen atoms in total. The summed E-state index contributed by atoms with van der Waals surface area (Å²) in [4.78, 5) is 28.7. The van der Waals surface area contributed by atoms with E-state index in [1.54, 1.807) is 13.2 Å². The number of amides is 2. The van der Waals surface area contributed by atoms with Crippen molar-refractivity contribution in [3.63, 3.8) is 0 Å². The van der Waals surface area contributed by atoms with E-state index in [1.807, 2.05) is 24.3 Å². The summed E-state index contributed by atoms with van der Waals surface area (Å²) in [6, 6.07) is 10.5. The average molecular weight is 369 g/mol. The fraction of sp³-hybridized carbons (Fsp3) is 0.350. The number of benzene rings is 1. The molecule has 0 radical (unpaired) electrons. The van der Waals surface area contributed by atoms with Crippen LogP contribution in [0.15, 0.2) is 42.6 Å². The van der Waals surface area contributed by atoms with E-state index < -0.39 is 0 Å². The van der Waals surface area contributed by atoms with Gasteiger partial charge in [-0.2, -0.15) is 0 Å². The molecular weight excluding hydrogens is 346 g/mol. The van der Waals surface area contributed by atoms with Crippen LogP contribution >= 0.6 is 0 Å². The SMILES string of the molecule is COc1ccc(CNC(=O)c2ccnc(C(=O)NCC3CCCO3)c2)cc1. The lowest BCUT2D eigenvalue weighted by atomic mass is 10.2. The molecule has 27 heavy (non-hydrogen) atoms. The van der Waals surface area contributed by atoms with Gasteiger partial charge in [0.05, 0.1) is 13.2 Å². The minimum Gasteiger partial charge on any atom is -0.497 e. The number of aromatic nitrogens is 1. The van der Waals surface area contributed by atoms with Gasteiger partial charge < -0.3 is 20.1 Å². The van der Waals surface area contributed by atoms with Gasteiger partial charge in [0.15, 0.2) is 0 Å². The van der Waals surface area contributed by atoms with Crippen molar-refractivity contribution in [1.82, 2.24) is 15.6 Å². The summed E-state index contributed by atoms with van der Waals surface area (Å²) < 4.78 is 10.6. The van der Waals surface area contributed by atoms with Crippen LogP contribution in [-0.4, -0.2) is 43.2 Å². The lowest BCUT2D eigenvalue weighted by molar-refractivity contribution is 0.0853. The summed E-state index contributed by atoms with van der Waals surface area (Å²) >= 11 is 0. The highest BCUT2D eigenvalue weighted by atomic mass is 16.5. The zero-order chi connectivity index (χ0) is 19.1. The van der Waals surface area contributed by atoms with Crippen LogP contribution in [0.5, 0.6) is 5.75 Å². The molecule has 0 saturated carbocycles. The second-order valence-electron chi connectivity index (χ2n) is 6.31. The standard InChI is InChI=1S/C20H23N3O4/c1-26-16-6-4-14(5-7-16)12-22-19(24)15-8-9-21-18(11-15)20(25)23-13-17-3-2-10-27-17/h4-9,11,17H,2-3,10,12-13H2,1H3,(H,22,24)(H,23,25). The summed E-state index contributed by atoms with van der Waals surface area (Å²) in [6.45, 7) is 1.57. The third-order valence-electron chi connectivity index (χ3n) is 4.38. The summed E-state index contributed by atoms with van der Waals surface area (Å²) in [5, 5.41) is 5.64.